The number of amides is 1. The van der Waals surface area contributed by atoms with Crippen molar-refractivity contribution in [2.24, 2.45) is 10.8 Å². The van der Waals surface area contributed by atoms with Crippen molar-refractivity contribution in [3.8, 4) is 0 Å². The van der Waals surface area contributed by atoms with E-state index in [1.807, 2.05) is 0 Å². The molecule has 0 aromatic rings. The van der Waals surface area contributed by atoms with Crippen LogP contribution >= 0.6 is 0 Å². The summed E-state index contributed by atoms with van der Waals surface area (Å²) in [6, 6.07) is 0. The van der Waals surface area contributed by atoms with Crippen molar-refractivity contribution in [3.63, 3.8) is 0 Å². The number of nitrogens with zero attached hydrogens (tertiary/aromatic N) is 1. The first-order valence-corrected chi connectivity index (χ1v) is 2.19. The predicted molar refractivity (Wildman–Crippen MR) is 28.4 cm³/mol. The first kappa shape index (κ1) is 7.07. The average Bonchev–Trinajstić information content (AvgIpc) is 1.67. The van der Waals surface area contributed by atoms with Gasteiger partial charge in [0.05, 0.1) is 0 Å². The zero-order valence-electron chi connectivity index (χ0n) is 4.93. The Morgan fingerprint density at radius 3 is 2.12 bits per heavy atom. The van der Waals surface area contributed by atoms with Gasteiger partial charge in [0.2, 0.25) is 5.91 Å². The first-order valence-electron chi connectivity index (χ1n) is 2.19. The zero-order chi connectivity index (χ0) is 6.78. The first-order chi connectivity index (χ1) is 3.50. The van der Waals surface area contributed by atoms with E-state index in [1.54, 1.807) is 0 Å². The van der Waals surface area contributed by atoms with E-state index in [0.29, 0.717) is 0 Å². The highest BCUT2D eigenvalue weighted by molar-refractivity contribution is 5.83. The Kier molecular flexibility index (Phi) is 1.68. The molecule has 3 N–H and O–H groups in total. The van der Waals surface area contributed by atoms with Crippen LogP contribution < -0.4 is 5.73 Å². The summed E-state index contributed by atoms with van der Waals surface area (Å²) < 4.78 is 0. The second kappa shape index (κ2) is 1.90. The van der Waals surface area contributed by atoms with Crippen molar-refractivity contribution in [3.05, 3.63) is 0 Å². The smallest absolute Gasteiger partial charge is 0.246 e. The maximum atomic E-state index is 10.3. The lowest BCUT2D eigenvalue weighted by atomic mass is 10.1. The molecule has 0 aliphatic heterocycles. The van der Waals surface area contributed by atoms with Crippen molar-refractivity contribution in [1.29, 1.82) is 5.53 Å². The van der Waals surface area contributed by atoms with E-state index < -0.39 is 11.4 Å². The highest BCUT2D eigenvalue weighted by Gasteiger charge is 2.22. The lowest BCUT2D eigenvalue weighted by Gasteiger charge is -2.09. The van der Waals surface area contributed by atoms with Crippen LogP contribution in [0.3, 0.4) is 0 Å². The number of carbonyl (C=O) groups excluding carboxylic acids is 1. The SMILES string of the molecule is CC(C)(N=N)C(N)=O. The minimum atomic E-state index is -1.03. The predicted octanol–water partition coefficient (Wildman–Crippen LogP) is 0.281. The van der Waals surface area contributed by atoms with Crippen LogP contribution in [0.5, 0.6) is 0 Å². The van der Waals surface area contributed by atoms with Crippen molar-refractivity contribution >= 4 is 5.91 Å². The molecule has 0 fully saturated rings. The van der Waals surface area contributed by atoms with E-state index in [9.17, 15) is 4.79 Å². The molecule has 0 saturated heterocycles. The van der Waals surface area contributed by atoms with Crippen LogP contribution in [-0.4, -0.2) is 11.4 Å². The van der Waals surface area contributed by atoms with E-state index >= 15 is 0 Å². The number of rotatable bonds is 2. The van der Waals surface area contributed by atoms with Crippen LogP contribution in [0.2, 0.25) is 0 Å². The third-order valence-electron chi connectivity index (χ3n) is 0.883. The van der Waals surface area contributed by atoms with Crippen LogP contribution in [0, 0.1) is 5.53 Å². The van der Waals surface area contributed by atoms with Gasteiger partial charge < -0.3 is 5.73 Å². The van der Waals surface area contributed by atoms with Gasteiger partial charge in [-0.05, 0) is 13.8 Å². The molecule has 0 bridgehead atoms. The summed E-state index contributed by atoms with van der Waals surface area (Å²) in [5, 5.41) is 3.00. The maximum Gasteiger partial charge on any atom is 0.246 e. The standard InChI is InChI=1S/C4H9N3O/c1-4(2,7-6)3(5)8/h6H,1-2H3,(H2,5,8). The van der Waals surface area contributed by atoms with Gasteiger partial charge in [-0.3, -0.25) is 4.79 Å². The van der Waals surface area contributed by atoms with Gasteiger partial charge in [0.1, 0.15) is 0 Å². The zero-order valence-corrected chi connectivity index (χ0v) is 4.93. The maximum absolute atomic E-state index is 10.3. The van der Waals surface area contributed by atoms with Gasteiger partial charge in [0.25, 0.3) is 0 Å². The van der Waals surface area contributed by atoms with Crippen molar-refractivity contribution in [2.45, 2.75) is 19.4 Å². The molecule has 0 aliphatic carbocycles. The molecule has 1 amide bonds. The van der Waals surface area contributed by atoms with Crippen LogP contribution in [0.25, 0.3) is 0 Å². The van der Waals surface area contributed by atoms with E-state index in [2.05, 4.69) is 5.11 Å². The summed E-state index contributed by atoms with van der Waals surface area (Å²) in [4.78, 5) is 10.3. The van der Waals surface area contributed by atoms with E-state index in [-0.39, 0.29) is 0 Å². The molecule has 0 aliphatic rings. The third-order valence-corrected chi connectivity index (χ3v) is 0.883. The molecule has 0 spiro atoms. The summed E-state index contributed by atoms with van der Waals surface area (Å²) in [6.07, 6.45) is 0. The van der Waals surface area contributed by atoms with E-state index in [0.717, 1.165) is 0 Å². The molecule has 0 heterocycles. The van der Waals surface area contributed by atoms with Gasteiger partial charge in [-0.1, -0.05) is 0 Å². The number of primary amides is 1. The fourth-order valence-corrected chi connectivity index (χ4v) is 0.0551. The van der Waals surface area contributed by atoms with Crippen LogP contribution in [0.1, 0.15) is 13.8 Å². The van der Waals surface area contributed by atoms with Gasteiger partial charge in [0, 0.05) is 0 Å². The number of nitrogens with two attached hydrogens (primary N) is 1. The van der Waals surface area contributed by atoms with Gasteiger partial charge in [-0.2, -0.15) is 5.11 Å². The molecule has 0 aromatic heterocycles. The summed E-state index contributed by atoms with van der Waals surface area (Å²) in [6.45, 7) is 2.98. The lowest BCUT2D eigenvalue weighted by Crippen LogP contribution is -2.35. The Morgan fingerprint density at radius 2 is 2.12 bits per heavy atom. The van der Waals surface area contributed by atoms with E-state index in [1.165, 1.54) is 13.8 Å². The molecule has 0 saturated carbocycles. The van der Waals surface area contributed by atoms with Gasteiger partial charge >= 0.3 is 0 Å². The summed E-state index contributed by atoms with van der Waals surface area (Å²) >= 11 is 0. The summed E-state index contributed by atoms with van der Waals surface area (Å²) in [7, 11) is 0. The average molecular weight is 115 g/mol. The Bertz CT molecular complexity index is 118. The Hall–Kier alpha value is -0.930. The number of nitrogens with one attached hydrogen (secondary N) is 1. The number of carbonyl (C=O) groups is 1. The minimum absolute atomic E-state index is 0.576. The molecular formula is C4H9N3O. The molecule has 8 heavy (non-hydrogen) atoms. The molecular weight excluding hydrogens is 106 g/mol. The summed E-state index contributed by atoms with van der Waals surface area (Å²) in [5.74, 6) is -0.576. The molecule has 0 atom stereocenters. The quantitative estimate of drug-likeness (QED) is 0.498. The largest absolute Gasteiger partial charge is 0.368 e. The molecule has 0 unspecified atom stereocenters. The molecule has 4 heteroatoms. The fourth-order valence-electron chi connectivity index (χ4n) is 0.0551. The van der Waals surface area contributed by atoms with Crippen LogP contribution in [0.15, 0.2) is 5.11 Å². The topological polar surface area (TPSA) is 79.3 Å². The van der Waals surface area contributed by atoms with Crippen molar-refractivity contribution in [1.82, 2.24) is 0 Å². The van der Waals surface area contributed by atoms with Crippen LogP contribution in [-0.2, 0) is 4.79 Å². The second-order valence-electron chi connectivity index (χ2n) is 2.04. The molecule has 46 valence electrons. The molecule has 4 nitrogen and oxygen atoms in total. The Labute approximate surface area is 47.6 Å². The van der Waals surface area contributed by atoms with Gasteiger partial charge in [-0.15, -0.1) is 0 Å². The third kappa shape index (κ3) is 1.29. The second-order valence-corrected chi connectivity index (χ2v) is 2.04. The van der Waals surface area contributed by atoms with Crippen LogP contribution in [0.4, 0.5) is 0 Å². The molecule has 0 aromatic carbocycles. The Morgan fingerprint density at radius 1 is 1.75 bits per heavy atom. The van der Waals surface area contributed by atoms with Crippen molar-refractivity contribution < 1.29 is 4.79 Å². The minimum Gasteiger partial charge on any atom is -0.368 e. The Balaban J connectivity index is 4.12. The monoisotopic (exact) mass is 115 g/mol. The normalized spacial score (nSPS) is 10.8. The highest BCUT2D eigenvalue weighted by Crippen LogP contribution is 2.04. The summed E-state index contributed by atoms with van der Waals surface area (Å²) in [5.41, 5.74) is 10.3. The van der Waals surface area contributed by atoms with E-state index in [4.69, 9.17) is 11.3 Å². The molecule has 0 radical (unpaired) electrons. The van der Waals surface area contributed by atoms with Crippen molar-refractivity contribution in [2.75, 3.05) is 0 Å². The van der Waals surface area contributed by atoms with Gasteiger partial charge in [0.15, 0.2) is 5.54 Å². The lowest BCUT2D eigenvalue weighted by molar-refractivity contribution is -0.122. The highest BCUT2D eigenvalue weighted by atomic mass is 16.1. The number of hydrogen-bond donors (Lipinski definition) is 2. The fraction of sp³-hybridized carbons (Fsp3) is 0.750. The van der Waals surface area contributed by atoms with Gasteiger partial charge in [-0.25, -0.2) is 5.53 Å². The molecule has 0 rings (SSSR count). The number of hydrogen-bond acceptors (Lipinski definition) is 3.